The highest BCUT2D eigenvalue weighted by Gasteiger charge is 2.30. The van der Waals surface area contributed by atoms with Crippen LogP contribution < -0.4 is 10.2 Å². The van der Waals surface area contributed by atoms with E-state index in [2.05, 4.69) is 10.3 Å². The Balaban J connectivity index is 2.02. The minimum absolute atomic E-state index is 0.0962. The maximum absolute atomic E-state index is 12.8. The largest absolute Gasteiger partial charge is 0.416 e. The fourth-order valence-corrected chi connectivity index (χ4v) is 2.28. The van der Waals surface area contributed by atoms with E-state index in [0.717, 1.165) is 12.1 Å². The molecule has 0 atom stereocenters. The molecule has 0 saturated heterocycles. The topological polar surface area (TPSA) is 45.2 Å². The molecule has 1 aromatic carbocycles. The van der Waals surface area contributed by atoms with Crippen LogP contribution in [0.25, 0.3) is 11.3 Å². The Kier molecular flexibility index (Phi) is 3.27. The molecule has 2 aromatic rings. The number of hydrogen-bond donors (Lipinski definition) is 1. The van der Waals surface area contributed by atoms with Crippen LogP contribution in [-0.2, 0) is 11.0 Å². The van der Waals surface area contributed by atoms with Gasteiger partial charge in [-0.2, -0.15) is 13.2 Å². The number of likely N-dealkylation sites (N-methyl/N-ethyl adjacent to an activating group) is 1. The molecular weight excluding hydrogens is 295 g/mol. The number of benzene rings is 1. The van der Waals surface area contributed by atoms with Gasteiger partial charge in [0.15, 0.2) is 5.82 Å². The zero-order chi connectivity index (χ0) is 15.9. The number of carbonyl (C=O) groups excluding carboxylic acids is 1. The Morgan fingerprint density at radius 1 is 1.23 bits per heavy atom. The summed E-state index contributed by atoms with van der Waals surface area (Å²) < 4.78 is 38.3. The molecule has 0 bridgehead atoms. The van der Waals surface area contributed by atoms with E-state index in [1.54, 1.807) is 25.2 Å². The Morgan fingerprint density at radius 2 is 2.00 bits per heavy atom. The van der Waals surface area contributed by atoms with Crippen LogP contribution in [0.5, 0.6) is 0 Å². The Labute approximate surface area is 124 Å². The molecule has 1 aliphatic heterocycles. The van der Waals surface area contributed by atoms with Gasteiger partial charge in [-0.25, -0.2) is 4.98 Å². The van der Waals surface area contributed by atoms with Crippen molar-refractivity contribution < 1.29 is 18.0 Å². The second kappa shape index (κ2) is 5.01. The van der Waals surface area contributed by atoms with Crippen LogP contribution in [-0.4, -0.2) is 24.5 Å². The Morgan fingerprint density at radius 3 is 2.73 bits per heavy atom. The van der Waals surface area contributed by atoms with Crippen molar-refractivity contribution in [3.8, 4) is 11.3 Å². The van der Waals surface area contributed by atoms with Gasteiger partial charge < -0.3 is 10.2 Å². The normalized spacial score (nSPS) is 14.5. The molecule has 0 saturated carbocycles. The molecule has 0 radical (unpaired) electrons. The molecule has 0 spiro atoms. The molecular formula is C15H12F3N3O. The quantitative estimate of drug-likeness (QED) is 0.880. The summed E-state index contributed by atoms with van der Waals surface area (Å²) in [5.74, 6) is 0.387. The first-order valence-electron chi connectivity index (χ1n) is 6.55. The fraction of sp³-hybridized carbons (Fsp3) is 0.200. The molecule has 1 N–H and O–H groups in total. The summed E-state index contributed by atoms with van der Waals surface area (Å²) >= 11 is 0. The number of nitrogens with zero attached hydrogens (tertiary/aromatic N) is 2. The first-order valence-corrected chi connectivity index (χ1v) is 6.55. The van der Waals surface area contributed by atoms with Crippen molar-refractivity contribution in [3.05, 3.63) is 42.0 Å². The summed E-state index contributed by atoms with van der Waals surface area (Å²) in [6, 6.07) is 8.27. The maximum Gasteiger partial charge on any atom is 0.416 e. The minimum Gasteiger partial charge on any atom is -0.359 e. The molecule has 2 heterocycles. The van der Waals surface area contributed by atoms with Crippen molar-refractivity contribution in [1.29, 1.82) is 0 Å². The van der Waals surface area contributed by atoms with Crippen molar-refractivity contribution in [2.45, 2.75) is 6.18 Å². The van der Waals surface area contributed by atoms with Gasteiger partial charge in [-0.1, -0.05) is 12.1 Å². The number of hydrogen-bond acceptors (Lipinski definition) is 3. The van der Waals surface area contributed by atoms with Gasteiger partial charge in [-0.05, 0) is 24.3 Å². The van der Waals surface area contributed by atoms with Gasteiger partial charge in [0.25, 0.3) is 0 Å². The Bertz CT molecular complexity index is 743. The lowest BCUT2D eigenvalue weighted by molar-refractivity contribution is -0.137. The van der Waals surface area contributed by atoms with Gasteiger partial charge in [-0.15, -0.1) is 0 Å². The number of rotatable bonds is 1. The second-order valence-electron chi connectivity index (χ2n) is 4.95. The van der Waals surface area contributed by atoms with Gasteiger partial charge in [0.05, 0.1) is 23.5 Å². The number of amides is 1. The summed E-state index contributed by atoms with van der Waals surface area (Å²) in [5, 5.41) is 2.87. The third-order valence-corrected chi connectivity index (χ3v) is 3.50. The van der Waals surface area contributed by atoms with Crippen LogP contribution in [0.15, 0.2) is 36.4 Å². The first-order chi connectivity index (χ1) is 10.4. The lowest BCUT2D eigenvalue weighted by Crippen LogP contribution is -2.37. The number of aromatic nitrogens is 1. The third-order valence-electron chi connectivity index (χ3n) is 3.50. The van der Waals surface area contributed by atoms with Gasteiger partial charge in [0, 0.05) is 12.6 Å². The monoisotopic (exact) mass is 307 g/mol. The molecule has 114 valence electrons. The number of anilines is 2. The van der Waals surface area contributed by atoms with Crippen LogP contribution in [0.3, 0.4) is 0 Å². The van der Waals surface area contributed by atoms with Gasteiger partial charge >= 0.3 is 6.18 Å². The third kappa shape index (κ3) is 2.49. The van der Waals surface area contributed by atoms with Crippen molar-refractivity contribution >= 4 is 17.4 Å². The smallest absolute Gasteiger partial charge is 0.359 e. The van der Waals surface area contributed by atoms with E-state index in [4.69, 9.17) is 0 Å². The van der Waals surface area contributed by atoms with Crippen LogP contribution >= 0.6 is 0 Å². The molecule has 0 aliphatic carbocycles. The number of alkyl halides is 3. The molecule has 3 rings (SSSR count). The van der Waals surface area contributed by atoms with Crippen LogP contribution in [0, 0.1) is 0 Å². The van der Waals surface area contributed by atoms with Gasteiger partial charge in [-0.3, -0.25) is 4.79 Å². The summed E-state index contributed by atoms with van der Waals surface area (Å²) in [7, 11) is 1.63. The van der Waals surface area contributed by atoms with E-state index in [-0.39, 0.29) is 12.5 Å². The molecule has 0 unspecified atom stereocenters. The molecule has 4 nitrogen and oxygen atoms in total. The van der Waals surface area contributed by atoms with E-state index < -0.39 is 11.7 Å². The zero-order valence-corrected chi connectivity index (χ0v) is 11.6. The van der Waals surface area contributed by atoms with Crippen molar-refractivity contribution in [3.63, 3.8) is 0 Å². The van der Waals surface area contributed by atoms with E-state index in [1.165, 1.54) is 11.0 Å². The second-order valence-corrected chi connectivity index (χ2v) is 4.95. The number of halogens is 3. The number of carbonyl (C=O) groups is 1. The Hall–Kier alpha value is -2.57. The highest BCUT2D eigenvalue weighted by atomic mass is 19.4. The van der Waals surface area contributed by atoms with Crippen molar-refractivity contribution in [2.75, 3.05) is 23.8 Å². The predicted octanol–water partition coefficient (Wildman–Crippen LogP) is 3.16. The van der Waals surface area contributed by atoms with Crippen molar-refractivity contribution in [2.24, 2.45) is 0 Å². The first kappa shape index (κ1) is 14.4. The molecule has 22 heavy (non-hydrogen) atoms. The lowest BCUT2D eigenvalue weighted by atomic mass is 10.1. The van der Waals surface area contributed by atoms with E-state index in [9.17, 15) is 18.0 Å². The molecule has 1 amide bonds. The van der Waals surface area contributed by atoms with E-state index >= 15 is 0 Å². The standard InChI is InChI=1S/C15H12F3N3O/c1-21-12-6-5-11(20-14(12)19-8-13(21)22)9-3-2-4-10(7-9)15(16,17)18/h2-7H,8H2,1H3,(H,19,20). The van der Waals surface area contributed by atoms with Crippen LogP contribution in [0.4, 0.5) is 24.7 Å². The SMILES string of the molecule is CN1C(=O)CNc2nc(-c3cccc(C(F)(F)F)c3)ccc21. The van der Waals surface area contributed by atoms with Gasteiger partial charge in [0.1, 0.15) is 0 Å². The van der Waals surface area contributed by atoms with Crippen LogP contribution in [0.2, 0.25) is 0 Å². The number of fused-ring (bicyclic) bond motifs is 1. The summed E-state index contributed by atoms with van der Waals surface area (Å²) in [6.45, 7) is 0.114. The summed E-state index contributed by atoms with van der Waals surface area (Å²) in [6.07, 6.45) is -4.39. The van der Waals surface area contributed by atoms with E-state index in [1.807, 2.05) is 0 Å². The molecule has 7 heteroatoms. The fourth-order valence-electron chi connectivity index (χ4n) is 2.28. The lowest BCUT2D eigenvalue weighted by Gasteiger charge is -2.26. The average molecular weight is 307 g/mol. The predicted molar refractivity (Wildman–Crippen MR) is 76.6 cm³/mol. The average Bonchev–Trinajstić information content (AvgIpc) is 2.50. The molecule has 1 aliphatic rings. The number of nitrogens with one attached hydrogen (secondary N) is 1. The van der Waals surface area contributed by atoms with Gasteiger partial charge in [0.2, 0.25) is 5.91 Å². The molecule has 1 aromatic heterocycles. The van der Waals surface area contributed by atoms with Crippen LogP contribution in [0.1, 0.15) is 5.56 Å². The van der Waals surface area contributed by atoms with Crippen molar-refractivity contribution in [1.82, 2.24) is 4.98 Å². The summed E-state index contributed by atoms with van der Waals surface area (Å²) in [5.41, 5.74) is 0.677. The number of pyridine rings is 1. The summed E-state index contributed by atoms with van der Waals surface area (Å²) in [4.78, 5) is 17.4. The highest BCUT2D eigenvalue weighted by Crippen LogP contribution is 2.33. The maximum atomic E-state index is 12.8. The minimum atomic E-state index is -4.39. The van der Waals surface area contributed by atoms with E-state index in [0.29, 0.717) is 22.8 Å². The highest BCUT2D eigenvalue weighted by molar-refractivity contribution is 6.01. The zero-order valence-electron chi connectivity index (χ0n) is 11.6. The molecule has 0 fully saturated rings.